The largest absolute Gasteiger partial charge is 0.309 e. The Morgan fingerprint density at radius 3 is 2.94 bits per heavy atom. The Kier molecular flexibility index (Phi) is 4.60. The molecule has 1 heterocycles. The number of hydrogen-bond acceptors (Lipinski definition) is 2. The average Bonchev–Trinajstić information content (AvgIpc) is 2.75. The summed E-state index contributed by atoms with van der Waals surface area (Å²) in [6, 6.07) is 5.72. The number of hydrogen-bond donors (Lipinski definition) is 1. The minimum Gasteiger partial charge on any atom is -0.309 e. The fraction of sp³-hybridized carbons (Fsp3) is 0.571. The Bertz CT molecular complexity index is 411. The molecule has 4 heteroatoms. The zero-order valence-electron chi connectivity index (χ0n) is 10.9. The second-order valence-corrected chi connectivity index (χ2v) is 5.49. The molecule has 1 aromatic carbocycles. The first-order valence-corrected chi connectivity index (χ1v) is 6.84. The zero-order chi connectivity index (χ0) is 13.1. The van der Waals surface area contributed by atoms with Gasteiger partial charge in [-0.3, -0.25) is 0 Å². The van der Waals surface area contributed by atoms with Crippen LogP contribution < -0.4 is 5.32 Å². The number of nitrogens with zero attached hydrogens (tertiary/aromatic N) is 1. The quantitative estimate of drug-likeness (QED) is 0.904. The summed E-state index contributed by atoms with van der Waals surface area (Å²) in [7, 11) is 2.17. The van der Waals surface area contributed by atoms with Gasteiger partial charge in [0.25, 0.3) is 0 Å². The molecule has 2 atom stereocenters. The SMILES string of the molecule is CC(NCC1CCCN1C)c1ccc(F)c(Cl)c1. The van der Waals surface area contributed by atoms with Gasteiger partial charge >= 0.3 is 0 Å². The second kappa shape index (κ2) is 6.00. The molecule has 2 rings (SSSR count). The summed E-state index contributed by atoms with van der Waals surface area (Å²) in [5.74, 6) is -0.358. The van der Waals surface area contributed by atoms with E-state index in [1.165, 1.54) is 25.5 Å². The highest BCUT2D eigenvalue weighted by Gasteiger charge is 2.21. The average molecular weight is 271 g/mol. The molecule has 0 saturated carbocycles. The van der Waals surface area contributed by atoms with Gasteiger partial charge in [-0.2, -0.15) is 0 Å². The van der Waals surface area contributed by atoms with Crippen molar-refractivity contribution in [2.75, 3.05) is 20.1 Å². The first-order valence-electron chi connectivity index (χ1n) is 6.46. The van der Waals surface area contributed by atoms with E-state index in [1.54, 1.807) is 12.1 Å². The van der Waals surface area contributed by atoms with Gasteiger partial charge in [-0.15, -0.1) is 0 Å². The van der Waals surface area contributed by atoms with E-state index >= 15 is 0 Å². The Morgan fingerprint density at radius 2 is 2.33 bits per heavy atom. The van der Waals surface area contributed by atoms with Crippen molar-refractivity contribution in [3.8, 4) is 0 Å². The van der Waals surface area contributed by atoms with Crippen molar-refractivity contribution in [1.82, 2.24) is 10.2 Å². The van der Waals surface area contributed by atoms with Gasteiger partial charge in [0.1, 0.15) is 5.82 Å². The molecule has 0 bridgehead atoms. The monoisotopic (exact) mass is 270 g/mol. The molecular weight excluding hydrogens is 251 g/mol. The summed E-state index contributed by atoms with van der Waals surface area (Å²) in [6.45, 7) is 4.23. The third-order valence-electron chi connectivity index (χ3n) is 3.77. The van der Waals surface area contributed by atoms with Gasteiger partial charge in [0.2, 0.25) is 0 Å². The summed E-state index contributed by atoms with van der Waals surface area (Å²) in [6.07, 6.45) is 2.53. The van der Waals surface area contributed by atoms with Gasteiger partial charge in [0.05, 0.1) is 5.02 Å². The van der Waals surface area contributed by atoms with E-state index in [0.717, 1.165) is 12.1 Å². The molecule has 1 aliphatic rings. The lowest BCUT2D eigenvalue weighted by Crippen LogP contribution is -2.36. The van der Waals surface area contributed by atoms with Gasteiger partial charge in [0.15, 0.2) is 0 Å². The number of nitrogens with one attached hydrogen (secondary N) is 1. The third-order valence-corrected chi connectivity index (χ3v) is 4.06. The lowest BCUT2D eigenvalue weighted by molar-refractivity contribution is 0.293. The lowest BCUT2D eigenvalue weighted by Gasteiger charge is -2.23. The van der Waals surface area contributed by atoms with Crippen LogP contribution >= 0.6 is 11.6 Å². The molecule has 0 spiro atoms. The molecule has 1 aliphatic heterocycles. The Labute approximate surface area is 113 Å². The van der Waals surface area contributed by atoms with Crippen molar-refractivity contribution in [2.45, 2.75) is 31.8 Å². The number of rotatable bonds is 4. The number of halogens is 2. The summed E-state index contributed by atoms with van der Waals surface area (Å²) in [5.41, 5.74) is 1.03. The van der Waals surface area contributed by atoms with Crippen LogP contribution in [-0.2, 0) is 0 Å². The van der Waals surface area contributed by atoms with Crippen LogP contribution in [0.25, 0.3) is 0 Å². The molecular formula is C14H20ClFN2. The minimum absolute atomic E-state index is 0.192. The molecule has 1 fully saturated rings. The van der Waals surface area contributed by atoms with Crippen LogP contribution in [-0.4, -0.2) is 31.1 Å². The molecule has 1 N–H and O–H groups in total. The normalized spacial score (nSPS) is 22.3. The van der Waals surface area contributed by atoms with Crippen LogP contribution in [0.3, 0.4) is 0 Å². The molecule has 2 unspecified atom stereocenters. The molecule has 0 amide bonds. The molecule has 1 saturated heterocycles. The van der Waals surface area contributed by atoms with Crippen molar-refractivity contribution in [2.24, 2.45) is 0 Å². The standard InChI is InChI=1S/C14H20ClFN2/c1-10(11-5-6-14(16)13(15)8-11)17-9-12-4-3-7-18(12)2/h5-6,8,10,12,17H,3-4,7,9H2,1-2H3. The second-order valence-electron chi connectivity index (χ2n) is 5.08. The molecule has 0 radical (unpaired) electrons. The summed E-state index contributed by atoms with van der Waals surface area (Å²) >= 11 is 5.80. The highest BCUT2D eigenvalue weighted by atomic mass is 35.5. The fourth-order valence-electron chi connectivity index (χ4n) is 2.45. The molecule has 100 valence electrons. The van der Waals surface area contributed by atoms with Crippen molar-refractivity contribution in [1.29, 1.82) is 0 Å². The van der Waals surface area contributed by atoms with Gasteiger partial charge in [-0.25, -0.2) is 4.39 Å². The predicted molar refractivity (Wildman–Crippen MR) is 73.5 cm³/mol. The molecule has 0 aromatic heterocycles. The third kappa shape index (κ3) is 3.22. The maximum atomic E-state index is 13.1. The number of likely N-dealkylation sites (tertiary alicyclic amines) is 1. The van der Waals surface area contributed by atoms with Gasteiger partial charge in [0, 0.05) is 18.6 Å². The first-order chi connectivity index (χ1) is 8.58. The van der Waals surface area contributed by atoms with E-state index in [-0.39, 0.29) is 16.9 Å². The van der Waals surface area contributed by atoms with E-state index in [9.17, 15) is 4.39 Å². The molecule has 1 aromatic rings. The van der Waals surface area contributed by atoms with E-state index in [0.29, 0.717) is 6.04 Å². The summed E-state index contributed by atoms with van der Waals surface area (Å²) in [5, 5.41) is 3.69. The van der Waals surface area contributed by atoms with Crippen molar-refractivity contribution >= 4 is 11.6 Å². The Hall–Kier alpha value is -0.640. The van der Waals surface area contributed by atoms with Gasteiger partial charge in [-0.1, -0.05) is 17.7 Å². The Balaban J connectivity index is 1.90. The number of benzene rings is 1. The smallest absolute Gasteiger partial charge is 0.141 e. The fourth-order valence-corrected chi connectivity index (χ4v) is 2.64. The van der Waals surface area contributed by atoms with Crippen LogP contribution in [0.15, 0.2) is 18.2 Å². The maximum Gasteiger partial charge on any atom is 0.141 e. The molecule has 2 nitrogen and oxygen atoms in total. The molecule has 18 heavy (non-hydrogen) atoms. The predicted octanol–water partition coefficient (Wildman–Crippen LogP) is 3.22. The van der Waals surface area contributed by atoms with Crippen LogP contribution in [0.5, 0.6) is 0 Å². The van der Waals surface area contributed by atoms with Crippen molar-refractivity contribution in [3.05, 3.63) is 34.6 Å². The summed E-state index contributed by atoms with van der Waals surface area (Å²) < 4.78 is 13.1. The van der Waals surface area contributed by atoms with Gasteiger partial charge < -0.3 is 10.2 Å². The topological polar surface area (TPSA) is 15.3 Å². The lowest BCUT2D eigenvalue weighted by atomic mass is 10.1. The van der Waals surface area contributed by atoms with E-state index in [1.807, 2.05) is 0 Å². The van der Waals surface area contributed by atoms with Crippen molar-refractivity contribution < 1.29 is 4.39 Å². The van der Waals surface area contributed by atoms with Crippen molar-refractivity contribution in [3.63, 3.8) is 0 Å². The first kappa shape index (κ1) is 13.8. The van der Waals surface area contributed by atoms with E-state index < -0.39 is 0 Å². The van der Waals surface area contributed by atoms with E-state index in [2.05, 4.69) is 24.2 Å². The minimum atomic E-state index is -0.358. The Morgan fingerprint density at radius 1 is 1.56 bits per heavy atom. The van der Waals surface area contributed by atoms with Crippen LogP contribution in [0.2, 0.25) is 5.02 Å². The number of likely N-dealkylation sites (N-methyl/N-ethyl adjacent to an activating group) is 1. The van der Waals surface area contributed by atoms with Crippen LogP contribution in [0.1, 0.15) is 31.4 Å². The van der Waals surface area contributed by atoms with Crippen LogP contribution in [0, 0.1) is 5.82 Å². The van der Waals surface area contributed by atoms with E-state index in [4.69, 9.17) is 11.6 Å². The summed E-state index contributed by atoms with van der Waals surface area (Å²) in [4.78, 5) is 2.39. The zero-order valence-corrected chi connectivity index (χ0v) is 11.7. The molecule has 0 aliphatic carbocycles. The maximum absolute atomic E-state index is 13.1. The van der Waals surface area contributed by atoms with Gasteiger partial charge in [-0.05, 0) is 51.1 Å². The highest BCUT2D eigenvalue weighted by Crippen LogP contribution is 2.21. The highest BCUT2D eigenvalue weighted by molar-refractivity contribution is 6.30. The van der Waals surface area contributed by atoms with Crippen LogP contribution in [0.4, 0.5) is 4.39 Å².